The summed E-state index contributed by atoms with van der Waals surface area (Å²) in [7, 11) is 0. The molecular weight excluding hydrogens is 280 g/mol. The van der Waals surface area contributed by atoms with Crippen molar-refractivity contribution in [1.29, 1.82) is 5.26 Å². The number of nitrogens with zero attached hydrogens (tertiary/aromatic N) is 4. The van der Waals surface area contributed by atoms with Crippen LogP contribution in [0.5, 0.6) is 0 Å². The zero-order valence-corrected chi connectivity index (χ0v) is 12.9. The number of hydrogen-bond acceptors (Lipinski definition) is 5. The van der Waals surface area contributed by atoms with Crippen molar-refractivity contribution in [2.75, 3.05) is 18.0 Å². The lowest BCUT2D eigenvalue weighted by atomic mass is 9.98. The molecule has 3 rings (SSSR count). The Labute approximate surface area is 129 Å². The third-order valence-corrected chi connectivity index (χ3v) is 4.96. The molecular formula is C16H18N4S. The van der Waals surface area contributed by atoms with Crippen molar-refractivity contribution in [3.8, 4) is 6.07 Å². The molecule has 4 nitrogen and oxygen atoms in total. The Morgan fingerprint density at radius 3 is 3.19 bits per heavy atom. The molecule has 3 heterocycles. The van der Waals surface area contributed by atoms with Crippen molar-refractivity contribution in [1.82, 2.24) is 9.97 Å². The van der Waals surface area contributed by atoms with Crippen molar-refractivity contribution in [2.45, 2.75) is 32.1 Å². The quantitative estimate of drug-likeness (QED) is 0.872. The topological polar surface area (TPSA) is 52.8 Å². The van der Waals surface area contributed by atoms with Crippen LogP contribution in [0.1, 0.15) is 41.9 Å². The van der Waals surface area contributed by atoms with Gasteiger partial charge in [0.1, 0.15) is 5.82 Å². The first kappa shape index (κ1) is 14.0. The standard InChI is InChI=1S/C16H18N4S/c1-2-14-11-21-16(19-14)13-4-3-7-20(10-13)15-8-12(9-17)5-6-18-15/h5-6,8,11,13H,2-4,7,10H2,1H3. The smallest absolute Gasteiger partial charge is 0.129 e. The molecule has 1 fully saturated rings. The lowest BCUT2D eigenvalue weighted by Crippen LogP contribution is -2.34. The maximum absolute atomic E-state index is 9.02. The van der Waals surface area contributed by atoms with E-state index in [1.807, 2.05) is 6.07 Å². The highest BCUT2D eigenvalue weighted by Gasteiger charge is 2.24. The predicted octanol–water partition coefficient (Wildman–Crippen LogP) is 3.36. The lowest BCUT2D eigenvalue weighted by Gasteiger charge is -2.32. The Kier molecular flexibility index (Phi) is 4.16. The van der Waals surface area contributed by atoms with Crippen LogP contribution in [0.15, 0.2) is 23.7 Å². The van der Waals surface area contributed by atoms with Crippen LogP contribution < -0.4 is 4.90 Å². The zero-order chi connectivity index (χ0) is 14.7. The van der Waals surface area contributed by atoms with Gasteiger partial charge < -0.3 is 4.90 Å². The molecule has 0 N–H and O–H groups in total. The molecule has 1 atom stereocenters. The normalized spacial score (nSPS) is 18.5. The van der Waals surface area contributed by atoms with Gasteiger partial charge in [-0.2, -0.15) is 5.26 Å². The van der Waals surface area contributed by atoms with Crippen LogP contribution in [-0.2, 0) is 6.42 Å². The molecule has 1 aliphatic heterocycles. The van der Waals surface area contributed by atoms with Crippen molar-refractivity contribution < 1.29 is 0 Å². The summed E-state index contributed by atoms with van der Waals surface area (Å²) < 4.78 is 0. The van der Waals surface area contributed by atoms with Crippen molar-refractivity contribution in [2.24, 2.45) is 0 Å². The van der Waals surface area contributed by atoms with E-state index in [1.54, 1.807) is 23.6 Å². The molecule has 1 saturated heterocycles. The van der Waals surface area contributed by atoms with Gasteiger partial charge in [0, 0.05) is 30.6 Å². The molecule has 0 amide bonds. The molecule has 0 saturated carbocycles. The SMILES string of the molecule is CCc1csc(C2CCCN(c3cc(C#N)ccn3)C2)n1. The third-order valence-electron chi connectivity index (χ3n) is 3.90. The Bertz CT molecular complexity index is 658. The second kappa shape index (κ2) is 6.23. The van der Waals surface area contributed by atoms with Gasteiger partial charge in [0.2, 0.25) is 0 Å². The van der Waals surface area contributed by atoms with Gasteiger partial charge >= 0.3 is 0 Å². The molecule has 5 heteroatoms. The van der Waals surface area contributed by atoms with Crippen LogP contribution in [0, 0.1) is 11.3 Å². The maximum atomic E-state index is 9.02. The van der Waals surface area contributed by atoms with Crippen LogP contribution >= 0.6 is 11.3 Å². The molecule has 0 bridgehead atoms. The van der Waals surface area contributed by atoms with E-state index in [-0.39, 0.29) is 0 Å². The summed E-state index contributed by atoms with van der Waals surface area (Å²) in [6.07, 6.45) is 5.05. The molecule has 108 valence electrons. The first-order valence-corrected chi connectivity index (χ1v) is 8.23. The number of nitriles is 1. The molecule has 0 aliphatic carbocycles. The Morgan fingerprint density at radius 2 is 2.43 bits per heavy atom. The second-order valence-electron chi connectivity index (χ2n) is 5.33. The predicted molar refractivity (Wildman–Crippen MR) is 84.6 cm³/mol. The zero-order valence-electron chi connectivity index (χ0n) is 12.1. The van der Waals surface area contributed by atoms with Gasteiger partial charge in [0.25, 0.3) is 0 Å². The van der Waals surface area contributed by atoms with Crippen LogP contribution in [0.2, 0.25) is 0 Å². The van der Waals surface area contributed by atoms with Gasteiger partial charge in [-0.25, -0.2) is 9.97 Å². The van der Waals surface area contributed by atoms with Gasteiger partial charge in [-0.3, -0.25) is 0 Å². The number of rotatable bonds is 3. The van der Waals surface area contributed by atoms with Crippen molar-refractivity contribution in [3.05, 3.63) is 40.0 Å². The highest BCUT2D eigenvalue weighted by Crippen LogP contribution is 2.31. The minimum atomic E-state index is 0.483. The second-order valence-corrected chi connectivity index (χ2v) is 6.22. The summed E-state index contributed by atoms with van der Waals surface area (Å²) in [4.78, 5) is 11.4. The number of anilines is 1. The molecule has 1 aliphatic rings. The van der Waals surface area contributed by atoms with E-state index in [4.69, 9.17) is 10.2 Å². The molecule has 0 aromatic carbocycles. The van der Waals surface area contributed by atoms with Crippen molar-refractivity contribution in [3.63, 3.8) is 0 Å². The Balaban J connectivity index is 1.77. The lowest BCUT2D eigenvalue weighted by molar-refractivity contribution is 0.505. The van der Waals surface area contributed by atoms with E-state index >= 15 is 0 Å². The average molecular weight is 298 g/mol. The van der Waals surface area contributed by atoms with E-state index in [9.17, 15) is 0 Å². The van der Waals surface area contributed by atoms with Crippen LogP contribution in [0.3, 0.4) is 0 Å². The van der Waals surface area contributed by atoms with E-state index in [2.05, 4.69) is 28.3 Å². The summed E-state index contributed by atoms with van der Waals surface area (Å²) in [5.41, 5.74) is 1.86. The highest BCUT2D eigenvalue weighted by atomic mass is 32.1. The fourth-order valence-electron chi connectivity index (χ4n) is 2.72. The monoisotopic (exact) mass is 298 g/mol. The van der Waals surface area contributed by atoms with Gasteiger partial charge in [0.05, 0.1) is 22.3 Å². The molecule has 21 heavy (non-hydrogen) atoms. The summed E-state index contributed by atoms with van der Waals surface area (Å²) in [6, 6.07) is 5.81. The first-order chi connectivity index (χ1) is 10.3. The number of piperidine rings is 1. The highest BCUT2D eigenvalue weighted by molar-refractivity contribution is 7.09. The number of aromatic nitrogens is 2. The molecule has 2 aromatic rings. The van der Waals surface area contributed by atoms with Crippen LogP contribution in [-0.4, -0.2) is 23.1 Å². The van der Waals surface area contributed by atoms with E-state index in [0.717, 1.165) is 31.7 Å². The first-order valence-electron chi connectivity index (χ1n) is 7.35. The number of pyridine rings is 1. The number of aryl methyl sites for hydroxylation is 1. The fraction of sp³-hybridized carbons (Fsp3) is 0.438. The Morgan fingerprint density at radius 1 is 1.52 bits per heavy atom. The Hall–Kier alpha value is -1.93. The number of thiazole rings is 1. The third kappa shape index (κ3) is 3.06. The maximum Gasteiger partial charge on any atom is 0.129 e. The van der Waals surface area contributed by atoms with E-state index < -0.39 is 0 Å². The average Bonchev–Trinajstić information content (AvgIpc) is 3.04. The summed E-state index contributed by atoms with van der Waals surface area (Å²) in [5.74, 6) is 1.39. The molecule has 1 unspecified atom stereocenters. The summed E-state index contributed by atoms with van der Waals surface area (Å²) >= 11 is 1.78. The summed E-state index contributed by atoms with van der Waals surface area (Å²) in [5, 5.41) is 12.4. The summed E-state index contributed by atoms with van der Waals surface area (Å²) in [6.45, 7) is 4.09. The van der Waals surface area contributed by atoms with Crippen molar-refractivity contribution >= 4 is 17.2 Å². The molecule has 2 aromatic heterocycles. The largest absolute Gasteiger partial charge is 0.356 e. The molecule has 0 radical (unpaired) electrons. The minimum Gasteiger partial charge on any atom is -0.356 e. The van der Waals surface area contributed by atoms with Gasteiger partial charge in [-0.05, 0) is 31.4 Å². The van der Waals surface area contributed by atoms with Gasteiger partial charge in [0.15, 0.2) is 0 Å². The minimum absolute atomic E-state index is 0.483. The van der Waals surface area contributed by atoms with E-state index in [0.29, 0.717) is 11.5 Å². The van der Waals surface area contributed by atoms with Gasteiger partial charge in [-0.1, -0.05) is 6.92 Å². The van der Waals surface area contributed by atoms with Crippen LogP contribution in [0.4, 0.5) is 5.82 Å². The van der Waals surface area contributed by atoms with Crippen LogP contribution in [0.25, 0.3) is 0 Å². The number of hydrogen-bond donors (Lipinski definition) is 0. The molecule has 0 spiro atoms. The van der Waals surface area contributed by atoms with Gasteiger partial charge in [-0.15, -0.1) is 11.3 Å². The fourth-order valence-corrected chi connectivity index (χ4v) is 3.75. The van der Waals surface area contributed by atoms with E-state index in [1.165, 1.54) is 17.1 Å².